The van der Waals surface area contributed by atoms with Crippen LogP contribution in [-0.4, -0.2) is 23.2 Å². The molecule has 2 fully saturated rings. The van der Waals surface area contributed by atoms with Crippen molar-refractivity contribution >= 4 is 10.0 Å². The molecular weight excluding hydrogens is 276 g/mol. The Hall–Kier alpha value is -0.950. The van der Waals surface area contributed by atoms with Gasteiger partial charge >= 0.3 is 0 Å². The molecule has 2 aliphatic carbocycles. The molecule has 0 spiro atoms. The highest BCUT2D eigenvalue weighted by atomic mass is 32.2. The lowest BCUT2D eigenvalue weighted by Gasteiger charge is -2.21. The van der Waals surface area contributed by atoms with Gasteiger partial charge in [0.1, 0.15) is 5.82 Å². The average molecular weight is 298 g/mol. The van der Waals surface area contributed by atoms with Crippen LogP contribution in [0.1, 0.15) is 63.2 Å². The first kappa shape index (κ1) is 14.0. The van der Waals surface area contributed by atoms with Gasteiger partial charge < -0.3 is 0 Å². The minimum Gasteiger partial charge on any atom is -0.298 e. The van der Waals surface area contributed by atoms with Crippen LogP contribution >= 0.6 is 0 Å². The van der Waals surface area contributed by atoms with Crippen molar-refractivity contribution < 1.29 is 8.42 Å². The molecule has 2 N–H and O–H groups in total. The number of nitrogens with two attached hydrogens (primary N) is 1. The number of nitrogens with zero attached hydrogens (tertiary/aromatic N) is 3. The lowest BCUT2D eigenvalue weighted by atomic mass is 9.86. The van der Waals surface area contributed by atoms with Crippen LogP contribution < -0.4 is 5.14 Å². The highest BCUT2D eigenvalue weighted by Gasteiger charge is 2.33. The number of aromatic nitrogens is 3. The molecule has 20 heavy (non-hydrogen) atoms. The van der Waals surface area contributed by atoms with E-state index < -0.39 is 10.0 Å². The van der Waals surface area contributed by atoms with Crippen molar-refractivity contribution in [1.82, 2.24) is 14.8 Å². The van der Waals surface area contributed by atoms with Crippen LogP contribution in [0.3, 0.4) is 0 Å². The standard InChI is InChI=1S/C13H22N4O2S/c14-20(18,19)13-16-15-12(17(13)11-7-8-11)9-6-10-4-2-1-3-5-10/h10-11H,1-9H2,(H2,14,18,19). The average Bonchev–Trinajstić information content (AvgIpc) is 3.16. The first-order valence-electron chi connectivity index (χ1n) is 7.52. The summed E-state index contributed by atoms with van der Waals surface area (Å²) in [6.45, 7) is 0. The summed E-state index contributed by atoms with van der Waals surface area (Å²) in [6.07, 6.45) is 10.5. The minimum atomic E-state index is -3.77. The van der Waals surface area contributed by atoms with E-state index in [9.17, 15) is 8.42 Å². The lowest BCUT2D eigenvalue weighted by molar-refractivity contribution is 0.335. The maximum Gasteiger partial charge on any atom is 0.273 e. The molecule has 112 valence electrons. The Labute approximate surface area is 119 Å². The van der Waals surface area contributed by atoms with Crippen LogP contribution in [0.25, 0.3) is 0 Å². The Balaban J connectivity index is 1.74. The smallest absolute Gasteiger partial charge is 0.273 e. The summed E-state index contributed by atoms with van der Waals surface area (Å²) in [5, 5.41) is 13.1. The van der Waals surface area contributed by atoms with E-state index in [4.69, 9.17) is 5.14 Å². The fourth-order valence-corrected chi connectivity index (χ4v) is 3.86. The summed E-state index contributed by atoms with van der Waals surface area (Å²) in [5.74, 6) is 1.55. The second kappa shape index (κ2) is 5.44. The number of rotatable bonds is 5. The second-order valence-corrected chi connectivity index (χ2v) is 7.54. The molecule has 2 saturated carbocycles. The Morgan fingerprint density at radius 3 is 2.40 bits per heavy atom. The van der Waals surface area contributed by atoms with Crippen molar-refractivity contribution in [3.05, 3.63) is 5.82 Å². The molecule has 0 aliphatic heterocycles. The number of hydrogen-bond donors (Lipinski definition) is 1. The molecule has 1 heterocycles. The molecule has 1 aromatic heterocycles. The third-order valence-electron chi connectivity index (χ3n) is 4.40. The Morgan fingerprint density at radius 2 is 1.80 bits per heavy atom. The van der Waals surface area contributed by atoms with E-state index in [-0.39, 0.29) is 11.2 Å². The first-order chi connectivity index (χ1) is 9.55. The summed E-state index contributed by atoms with van der Waals surface area (Å²) in [4.78, 5) is 0. The fourth-order valence-electron chi connectivity index (χ4n) is 3.18. The maximum absolute atomic E-state index is 11.6. The first-order valence-corrected chi connectivity index (χ1v) is 9.07. The molecule has 0 aromatic carbocycles. The van der Waals surface area contributed by atoms with Crippen LogP contribution in [-0.2, 0) is 16.4 Å². The van der Waals surface area contributed by atoms with Crippen LogP contribution in [0.5, 0.6) is 0 Å². The SMILES string of the molecule is NS(=O)(=O)c1nnc(CCC2CCCCC2)n1C1CC1. The van der Waals surface area contributed by atoms with Crippen molar-refractivity contribution in [2.45, 2.75) is 69.0 Å². The van der Waals surface area contributed by atoms with Gasteiger partial charge in [0.25, 0.3) is 15.2 Å². The largest absolute Gasteiger partial charge is 0.298 e. The predicted octanol–water partition coefficient (Wildman–Crippen LogP) is 1.77. The number of sulfonamides is 1. The highest BCUT2D eigenvalue weighted by Crippen LogP contribution is 2.38. The van der Waals surface area contributed by atoms with Crippen molar-refractivity contribution in [2.75, 3.05) is 0 Å². The summed E-state index contributed by atoms with van der Waals surface area (Å²) in [7, 11) is -3.77. The monoisotopic (exact) mass is 298 g/mol. The van der Waals surface area contributed by atoms with E-state index in [0.717, 1.165) is 37.4 Å². The number of primary sulfonamides is 1. The van der Waals surface area contributed by atoms with Crippen LogP contribution in [0, 0.1) is 5.92 Å². The van der Waals surface area contributed by atoms with E-state index in [2.05, 4.69) is 10.2 Å². The molecular formula is C13H22N4O2S. The molecule has 0 unspecified atom stereocenters. The normalized spacial score (nSPS) is 21.2. The van der Waals surface area contributed by atoms with E-state index >= 15 is 0 Å². The van der Waals surface area contributed by atoms with E-state index in [1.807, 2.05) is 0 Å². The van der Waals surface area contributed by atoms with Crippen LogP contribution in [0.4, 0.5) is 0 Å². The lowest BCUT2D eigenvalue weighted by Crippen LogP contribution is -2.19. The Kier molecular flexibility index (Phi) is 3.81. The third-order valence-corrected chi connectivity index (χ3v) is 5.19. The zero-order valence-corrected chi connectivity index (χ0v) is 12.5. The minimum absolute atomic E-state index is 0.0568. The summed E-state index contributed by atoms with van der Waals surface area (Å²) in [5.41, 5.74) is 0. The quantitative estimate of drug-likeness (QED) is 0.897. The van der Waals surface area contributed by atoms with Gasteiger partial charge in [0.2, 0.25) is 0 Å². The molecule has 1 aromatic rings. The van der Waals surface area contributed by atoms with E-state index in [0.29, 0.717) is 0 Å². The van der Waals surface area contributed by atoms with Crippen molar-refractivity contribution in [3.8, 4) is 0 Å². The molecule has 0 amide bonds. The fraction of sp³-hybridized carbons (Fsp3) is 0.846. The molecule has 7 heteroatoms. The van der Waals surface area contributed by atoms with Gasteiger partial charge in [-0.05, 0) is 25.2 Å². The van der Waals surface area contributed by atoms with Crippen molar-refractivity contribution in [1.29, 1.82) is 0 Å². The van der Waals surface area contributed by atoms with Crippen LogP contribution in [0.2, 0.25) is 0 Å². The summed E-state index contributed by atoms with van der Waals surface area (Å²) in [6, 6.07) is 0.236. The topological polar surface area (TPSA) is 90.9 Å². The van der Waals surface area contributed by atoms with E-state index in [1.54, 1.807) is 4.57 Å². The van der Waals surface area contributed by atoms with Gasteiger partial charge in [0.05, 0.1) is 0 Å². The third kappa shape index (κ3) is 3.03. The zero-order chi connectivity index (χ0) is 14.2. The summed E-state index contributed by atoms with van der Waals surface area (Å²) >= 11 is 0. The van der Waals surface area contributed by atoms with E-state index in [1.165, 1.54) is 32.1 Å². The van der Waals surface area contributed by atoms with Gasteiger partial charge in [0.15, 0.2) is 0 Å². The second-order valence-electron chi connectivity index (χ2n) is 6.09. The zero-order valence-electron chi connectivity index (χ0n) is 11.7. The highest BCUT2D eigenvalue weighted by molar-refractivity contribution is 7.89. The number of aryl methyl sites for hydroxylation is 1. The van der Waals surface area contributed by atoms with Gasteiger partial charge in [-0.3, -0.25) is 4.57 Å². The summed E-state index contributed by atoms with van der Waals surface area (Å²) < 4.78 is 24.9. The molecule has 3 rings (SSSR count). The van der Waals surface area contributed by atoms with Crippen molar-refractivity contribution in [2.24, 2.45) is 11.1 Å². The molecule has 6 nitrogen and oxygen atoms in total. The Morgan fingerprint density at radius 1 is 1.10 bits per heavy atom. The predicted molar refractivity (Wildman–Crippen MR) is 74.6 cm³/mol. The van der Waals surface area contributed by atoms with Gasteiger partial charge in [-0.2, -0.15) is 0 Å². The molecule has 2 aliphatic rings. The van der Waals surface area contributed by atoms with Gasteiger partial charge in [-0.25, -0.2) is 13.6 Å². The molecule has 0 saturated heterocycles. The van der Waals surface area contributed by atoms with Gasteiger partial charge in [-0.1, -0.05) is 32.1 Å². The molecule has 0 bridgehead atoms. The van der Waals surface area contributed by atoms with Crippen molar-refractivity contribution in [3.63, 3.8) is 0 Å². The molecule has 0 radical (unpaired) electrons. The maximum atomic E-state index is 11.6. The molecule has 0 atom stereocenters. The Bertz CT molecular complexity index is 571. The van der Waals surface area contributed by atoms with Gasteiger partial charge in [0, 0.05) is 12.5 Å². The van der Waals surface area contributed by atoms with Crippen LogP contribution in [0.15, 0.2) is 5.16 Å². The van der Waals surface area contributed by atoms with Gasteiger partial charge in [-0.15, -0.1) is 10.2 Å². The number of hydrogen-bond acceptors (Lipinski definition) is 4.